The van der Waals surface area contributed by atoms with Crippen LogP contribution >= 0.6 is 0 Å². The van der Waals surface area contributed by atoms with Crippen LogP contribution < -0.4 is 10.6 Å². The first-order valence-electron chi connectivity index (χ1n) is 7.39. The summed E-state index contributed by atoms with van der Waals surface area (Å²) in [6, 6.07) is 1.64. The second-order valence-corrected chi connectivity index (χ2v) is 5.43. The third-order valence-electron chi connectivity index (χ3n) is 3.50. The second kappa shape index (κ2) is 6.80. The van der Waals surface area contributed by atoms with Crippen molar-refractivity contribution in [3.05, 3.63) is 59.3 Å². The minimum Gasteiger partial charge on any atom is -0.365 e. The third-order valence-corrected chi connectivity index (χ3v) is 3.50. The van der Waals surface area contributed by atoms with E-state index in [1.54, 1.807) is 37.2 Å². The fourth-order valence-electron chi connectivity index (χ4n) is 2.20. The Labute approximate surface area is 141 Å². The number of aromatic nitrogens is 4. The Balaban J connectivity index is 1.78. The zero-order valence-corrected chi connectivity index (χ0v) is 13.5. The van der Waals surface area contributed by atoms with Crippen molar-refractivity contribution < 1.29 is 13.2 Å². The Bertz CT molecular complexity index is 909. The van der Waals surface area contributed by atoms with Crippen LogP contribution in [0.3, 0.4) is 0 Å². The maximum absolute atomic E-state index is 13.7. The smallest absolute Gasteiger partial charge is 0.229 e. The number of nitrogens with one attached hydrogen (secondary N) is 2. The van der Waals surface area contributed by atoms with Gasteiger partial charge in [0.05, 0.1) is 11.9 Å². The number of anilines is 3. The molecule has 0 radical (unpaired) electrons. The van der Waals surface area contributed by atoms with Crippen LogP contribution in [0.25, 0.3) is 0 Å². The molecule has 2 heterocycles. The highest BCUT2D eigenvalue weighted by Crippen LogP contribution is 2.20. The van der Waals surface area contributed by atoms with E-state index in [1.165, 1.54) is 0 Å². The van der Waals surface area contributed by atoms with Crippen molar-refractivity contribution in [1.29, 1.82) is 0 Å². The molecule has 3 rings (SSSR count). The first-order chi connectivity index (χ1) is 11.9. The van der Waals surface area contributed by atoms with E-state index >= 15 is 0 Å². The van der Waals surface area contributed by atoms with Gasteiger partial charge in [-0.1, -0.05) is 0 Å². The molecule has 0 amide bonds. The molecule has 3 aromatic rings. The summed E-state index contributed by atoms with van der Waals surface area (Å²) in [5.74, 6) is -2.47. The molecule has 0 aliphatic heterocycles. The Kier molecular flexibility index (Phi) is 4.55. The average Bonchev–Trinajstić information content (AvgIpc) is 2.99. The van der Waals surface area contributed by atoms with E-state index in [-0.39, 0.29) is 12.1 Å². The molecular weight excluding hydrogens is 333 g/mol. The fraction of sp³-hybridized carbons (Fsp3) is 0.188. The van der Waals surface area contributed by atoms with Crippen LogP contribution in [0, 0.1) is 24.4 Å². The van der Waals surface area contributed by atoms with Gasteiger partial charge in [0.25, 0.3) is 0 Å². The molecule has 130 valence electrons. The maximum atomic E-state index is 13.7. The van der Waals surface area contributed by atoms with Crippen molar-refractivity contribution in [3.8, 4) is 0 Å². The van der Waals surface area contributed by atoms with E-state index in [2.05, 4.69) is 25.7 Å². The van der Waals surface area contributed by atoms with E-state index in [0.717, 1.165) is 12.1 Å². The van der Waals surface area contributed by atoms with Gasteiger partial charge in [0.2, 0.25) is 5.95 Å². The van der Waals surface area contributed by atoms with Gasteiger partial charge in [0.1, 0.15) is 11.6 Å². The van der Waals surface area contributed by atoms with E-state index in [4.69, 9.17) is 0 Å². The lowest BCUT2D eigenvalue weighted by molar-refractivity contribution is 0.481. The van der Waals surface area contributed by atoms with Gasteiger partial charge < -0.3 is 10.6 Å². The van der Waals surface area contributed by atoms with Crippen LogP contribution in [0.4, 0.5) is 30.6 Å². The topological polar surface area (TPSA) is 67.7 Å². The average molecular weight is 348 g/mol. The quantitative estimate of drug-likeness (QED) is 0.693. The monoisotopic (exact) mass is 348 g/mol. The zero-order valence-electron chi connectivity index (χ0n) is 13.5. The second-order valence-electron chi connectivity index (χ2n) is 5.43. The summed E-state index contributed by atoms with van der Waals surface area (Å²) < 4.78 is 42.3. The largest absolute Gasteiger partial charge is 0.365 e. The molecule has 1 aromatic carbocycles. The molecule has 0 atom stereocenters. The van der Waals surface area contributed by atoms with Crippen molar-refractivity contribution >= 4 is 17.5 Å². The van der Waals surface area contributed by atoms with E-state index < -0.39 is 17.5 Å². The normalized spacial score (nSPS) is 10.8. The van der Waals surface area contributed by atoms with Gasteiger partial charge >= 0.3 is 0 Å². The molecule has 9 heteroatoms. The van der Waals surface area contributed by atoms with Crippen LogP contribution in [0.15, 0.2) is 30.7 Å². The van der Waals surface area contributed by atoms with Crippen LogP contribution in [0.2, 0.25) is 0 Å². The highest BCUT2D eigenvalue weighted by atomic mass is 19.2. The van der Waals surface area contributed by atoms with Crippen molar-refractivity contribution in [3.63, 3.8) is 0 Å². The van der Waals surface area contributed by atoms with E-state index in [1.807, 2.05) is 0 Å². The molecule has 0 aliphatic carbocycles. The van der Waals surface area contributed by atoms with Gasteiger partial charge in [0, 0.05) is 37.1 Å². The molecule has 0 unspecified atom stereocenters. The number of rotatable bonds is 5. The van der Waals surface area contributed by atoms with Crippen LogP contribution in [0.1, 0.15) is 11.1 Å². The summed E-state index contributed by atoms with van der Waals surface area (Å²) >= 11 is 0. The molecule has 0 saturated carbocycles. The van der Waals surface area contributed by atoms with Crippen LogP contribution in [-0.4, -0.2) is 19.7 Å². The molecule has 0 bridgehead atoms. The lowest BCUT2D eigenvalue weighted by Crippen LogP contribution is -2.09. The van der Waals surface area contributed by atoms with Gasteiger partial charge in [-0.15, -0.1) is 0 Å². The molecule has 0 saturated heterocycles. The van der Waals surface area contributed by atoms with E-state index in [0.29, 0.717) is 23.0 Å². The number of hydrogen-bond acceptors (Lipinski definition) is 5. The SMILES string of the molecule is Cc1cnc(Nc2cnn(C)c2)nc1NCc1c(F)ccc(F)c1F. The summed E-state index contributed by atoms with van der Waals surface area (Å²) in [5.41, 5.74) is 0.980. The molecular formula is C16H15F3N6. The van der Waals surface area contributed by atoms with Gasteiger partial charge in [-0.05, 0) is 19.1 Å². The molecule has 2 N–H and O–H groups in total. The molecule has 0 aliphatic rings. The summed E-state index contributed by atoms with van der Waals surface area (Å²) in [6.07, 6.45) is 4.91. The molecule has 25 heavy (non-hydrogen) atoms. The summed E-state index contributed by atoms with van der Waals surface area (Å²) in [4.78, 5) is 8.40. The van der Waals surface area contributed by atoms with Gasteiger partial charge in [-0.2, -0.15) is 10.1 Å². The fourth-order valence-corrected chi connectivity index (χ4v) is 2.20. The summed E-state index contributed by atoms with van der Waals surface area (Å²) in [7, 11) is 1.77. The summed E-state index contributed by atoms with van der Waals surface area (Å²) in [6.45, 7) is 1.49. The highest BCUT2D eigenvalue weighted by molar-refractivity contribution is 5.54. The van der Waals surface area contributed by atoms with Crippen LogP contribution in [-0.2, 0) is 13.6 Å². The number of halogens is 3. The molecule has 2 aromatic heterocycles. The highest BCUT2D eigenvalue weighted by Gasteiger charge is 2.14. The molecule has 0 spiro atoms. The van der Waals surface area contributed by atoms with Gasteiger partial charge in [-0.25, -0.2) is 18.2 Å². The summed E-state index contributed by atoms with van der Waals surface area (Å²) in [5, 5.41) is 9.80. The first kappa shape index (κ1) is 16.7. The third kappa shape index (κ3) is 3.70. The number of aryl methyl sites for hydroxylation is 2. The van der Waals surface area contributed by atoms with Crippen molar-refractivity contribution in [2.45, 2.75) is 13.5 Å². The first-order valence-corrected chi connectivity index (χ1v) is 7.39. The zero-order chi connectivity index (χ0) is 18.0. The Morgan fingerprint density at radius 3 is 2.60 bits per heavy atom. The lowest BCUT2D eigenvalue weighted by atomic mass is 10.2. The standard InChI is InChI=1S/C16H15F3N6/c1-9-5-21-16(23-10-6-22-25(2)8-10)24-15(9)20-7-11-12(17)3-4-13(18)14(11)19/h3-6,8H,7H2,1-2H3,(H2,20,21,23,24). The van der Waals surface area contributed by atoms with Crippen molar-refractivity contribution in [2.24, 2.45) is 7.05 Å². The van der Waals surface area contributed by atoms with Crippen molar-refractivity contribution in [1.82, 2.24) is 19.7 Å². The molecule has 0 fully saturated rings. The molecule has 6 nitrogen and oxygen atoms in total. The number of benzene rings is 1. The Morgan fingerprint density at radius 2 is 1.88 bits per heavy atom. The van der Waals surface area contributed by atoms with Gasteiger partial charge in [0.15, 0.2) is 11.6 Å². The number of nitrogens with zero attached hydrogens (tertiary/aromatic N) is 4. The van der Waals surface area contributed by atoms with Crippen molar-refractivity contribution in [2.75, 3.05) is 10.6 Å². The van der Waals surface area contributed by atoms with Crippen LogP contribution in [0.5, 0.6) is 0 Å². The van der Waals surface area contributed by atoms with Gasteiger partial charge in [-0.3, -0.25) is 4.68 Å². The Hall–Kier alpha value is -3.10. The minimum absolute atomic E-state index is 0.250. The maximum Gasteiger partial charge on any atom is 0.229 e. The van der Waals surface area contributed by atoms with E-state index in [9.17, 15) is 13.2 Å². The minimum atomic E-state index is -1.21. The lowest BCUT2D eigenvalue weighted by Gasteiger charge is -2.11. The predicted molar refractivity (Wildman–Crippen MR) is 86.9 cm³/mol. The Morgan fingerprint density at radius 1 is 1.12 bits per heavy atom. The number of hydrogen-bond donors (Lipinski definition) is 2. The predicted octanol–water partition coefficient (Wildman–Crippen LogP) is 3.29.